The lowest BCUT2D eigenvalue weighted by Crippen LogP contribution is -2.34. The molecule has 2 aromatic carbocycles. The average Bonchev–Trinajstić information content (AvgIpc) is 3.19. The Hall–Kier alpha value is -2.97. The maximum atomic E-state index is 9.05. The number of likely N-dealkylation sites (tertiary alicyclic amines) is 1. The SMILES string of the molecule is Cc1cccc(-c2cn(C3CCN(Cc4cccc(C#N)c4)CC3)nn2)c1. The number of benzene rings is 2. The highest BCUT2D eigenvalue weighted by Gasteiger charge is 2.22. The Morgan fingerprint density at radius 1 is 1.11 bits per heavy atom. The van der Waals surface area contributed by atoms with Crippen molar-refractivity contribution in [1.29, 1.82) is 5.26 Å². The van der Waals surface area contributed by atoms with Crippen LogP contribution < -0.4 is 0 Å². The van der Waals surface area contributed by atoms with Crippen LogP contribution in [0.4, 0.5) is 0 Å². The highest BCUT2D eigenvalue weighted by atomic mass is 15.4. The number of hydrogen-bond donors (Lipinski definition) is 0. The molecule has 1 saturated heterocycles. The summed E-state index contributed by atoms with van der Waals surface area (Å²) in [5, 5.41) is 17.8. The molecule has 5 nitrogen and oxygen atoms in total. The molecule has 0 amide bonds. The first kappa shape index (κ1) is 17.4. The number of aromatic nitrogens is 3. The summed E-state index contributed by atoms with van der Waals surface area (Å²) >= 11 is 0. The van der Waals surface area contributed by atoms with Gasteiger partial charge in [0, 0.05) is 25.2 Å². The number of nitrogens with zero attached hydrogens (tertiary/aromatic N) is 5. The molecule has 136 valence electrons. The van der Waals surface area contributed by atoms with Gasteiger partial charge in [-0.2, -0.15) is 5.26 Å². The summed E-state index contributed by atoms with van der Waals surface area (Å²) in [7, 11) is 0. The number of nitriles is 1. The van der Waals surface area contributed by atoms with E-state index in [1.54, 1.807) is 0 Å². The molecular formula is C22H23N5. The molecule has 0 saturated carbocycles. The molecule has 27 heavy (non-hydrogen) atoms. The zero-order chi connectivity index (χ0) is 18.6. The molecule has 1 aliphatic rings. The average molecular weight is 357 g/mol. The van der Waals surface area contributed by atoms with Crippen molar-refractivity contribution in [3.8, 4) is 17.3 Å². The quantitative estimate of drug-likeness (QED) is 0.709. The van der Waals surface area contributed by atoms with Gasteiger partial charge in [-0.3, -0.25) is 4.90 Å². The summed E-state index contributed by atoms with van der Waals surface area (Å²) in [6.45, 7) is 5.05. The summed E-state index contributed by atoms with van der Waals surface area (Å²) in [5.74, 6) is 0. The van der Waals surface area contributed by atoms with Crippen molar-refractivity contribution in [3.63, 3.8) is 0 Å². The lowest BCUT2D eigenvalue weighted by Gasteiger charge is -2.31. The number of rotatable bonds is 4. The molecule has 0 N–H and O–H groups in total. The minimum absolute atomic E-state index is 0.401. The molecule has 0 atom stereocenters. The molecule has 1 aromatic heterocycles. The van der Waals surface area contributed by atoms with E-state index in [0.717, 1.165) is 49.3 Å². The molecule has 2 heterocycles. The van der Waals surface area contributed by atoms with Gasteiger partial charge in [0.1, 0.15) is 5.69 Å². The van der Waals surface area contributed by atoms with Gasteiger partial charge in [0.25, 0.3) is 0 Å². The molecule has 0 unspecified atom stereocenters. The van der Waals surface area contributed by atoms with E-state index in [4.69, 9.17) is 5.26 Å². The summed E-state index contributed by atoms with van der Waals surface area (Å²) in [6, 6.07) is 18.9. The molecule has 5 heteroatoms. The summed E-state index contributed by atoms with van der Waals surface area (Å²) in [4.78, 5) is 2.45. The van der Waals surface area contributed by atoms with Crippen LogP contribution in [0, 0.1) is 18.3 Å². The standard InChI is InChI=1S/C22H23N5/c1-17-4-2-7-20(12-17)22-16-27(25-24-22)21-8-10-26(11-9-21)15-19-6-3-5-18(13-19)14-23/h2-7,12-13,16,21H,8-11,15H2,1H3. The zero-order valence-electron chi connectivity index (χ0n) is 15.5. The summed E-state index contributed by atoms with van der Waals surface area (Å²) in [6.07, 6.45) is 4.20. The van der Waals surface area contributed by atoms with Gasteiger partial charge in [-0.05, 0) is 43.5 Å². The second kappa shape index (κ2) is 7.73. The Kier molecular flexibility index (Phi) is 4.99. The van der Waals surface area contributed by atoms with Crippen LogP contribution in [0.3, 0.4) is 0 Å². The fraction of sp³-hybridized carbons (Fsp3) is 0.318. The minimum Gasteiger partial charge on any atom is -0.299 e. The molecule has 4 rings (SSSR count). The van der Waals surface area contributed by atoms with Crippen molar-refractivity contribution in [2.75, 3.05) is 13.1 Å². The van der Waals surface area contributed by atoms with Crippen LogP contribution in [0.15, 0.2) is 54.7 Å². The van der Waals surface area contributed by atoms with Crippen LogP contribution in [0.2, 0.25) is 0 Å². The normalized spacial score (nSPS) is 15.6. The first-order valence-electron chi connectivity index (χ1n) is 9.41. The van der Waals surface area contributed by atoms with E-state index >= 15 is 0 Å². The molecule has 0 radical (unpaired) electrons. The Morgan fingerprint density at radius 3 is 2.70 bits per heavy atom. The van der Waals surface area contributed by atoms with E-state index in [1.807, 2.05) is 22.9 Å². The van der Waals surface area contributed by atoms with E-state index in [9.17, 15) is 0 Å². The van der Waals surface area contributed by atoms with Crippen molar-refractivity contribution >= 4 is 0 Å². The van der Waals surface area contributed by atoms with E-state index in [1.165, 1.54) is 11.1 Å². The molecular weight excluding hydrogens is 334 g/mol. The van der Waals surface area contributed by atoms with Crippen LogP contribution in [-0.4, -0.2) is 33.0 Å². The van der Waals surface area contributed by atoms with Gasteiger partial charge in [0.05, 0.1) is 23.9 Å². The van der Waals surface area contributed by atoms with Crippen LogP contribution >= 0.6 is 0 Å². The Balaban J connectivity index is 1.37. The van der Waals surface area contributed by atoms with E-state index < -0.39 is 0 Å². The topological polar surface area (TPSA) is 57.7 Å². The molecule has 0 spiro atoms. The second-order valence-corrected chi connectivity index (χ2v) is 7.27. The van der Waals surface area contributed by atoms with Gasteiger partial charge in [-0.1, -0.05) is 41.1 Å². The van der Waals surface area contributed by atoms with Gasteiger partial charge in [0.15, 0.2) is 0 Å². The maximum absolute atomic E-state index is 9.05. The fourth-order valence-electron chi connectivity index (χ4n) is 3.73. The van der Waals surface area contributed by atoms with E-state index in [-0.39, 0.29) is 0 Å². The van der Waals surface area contributed by atoms with Crippen molar-refractivity contribution in [2.24, 2.45) is 0 Å². The highest BCUT2D eigenvalue weighted by molar-refractivity contribution is 5.58. The maximum Gasteiger partial charge on any atom is 0.113 e. The van der Waals surface area contributed by atoms with Crippen LogP contribution in [0.1, 0.15) is 35.6 Å². The van der Waals surface area contributed by atoms with Gasteiger partial charge in [-0.15, -0.1) is 5.10 Å². The van der Waals surface area contributed by atoms with Crippen LogP contribution in [0.5, 0.6) is 0 Å². The summed E-state index contributed by atoms with van der Waals surface area (Å²) < 4.78 is 2.03. The second-order valence-electron chi connectivity index (χ2n) is 7.27. The van der Waals surface area contributed by atoms with Crippen LogP contribution in [0.25, 0.3) is 11.3 Å². The Bertz CT molecular complexity index is 961. The van der Waals surface area contributed by atoms with Crippen molar-refractivity contribution < 1.29 is 0 Å². The zero-order valence-corrected chi connectivity index (χ0v) is 15.5. The highest BCUT2D eigenvalue weighted by Crippen LogP contribution is 2.25. The Labute approximate surface area is 159 Å². The number of hydrogen-bond acceptors (Lipinski definition) is 4. The van der Waals surface area contributed by atoms with Gasteiger partial charge in [-0.25, -0.2) is 4.68 Å². The minimum atomic E-state index is 0.401. The molecule has 1 aliphatic heterocycles. The monoisotopic (exact) mass is 357 g/mol. The van der Waals surface area contributed by atoms with E-state index in [0.29, 0.717) is 6.04 Å². The van der Waals surface area contributed by atoms with E-state index in [2.05, 4.69) is 64.7 Å². The van der Waals surface area contributed by atoms with Gasteiger partial charge in [0.2, 0.25) is 0 Å². The van der Waals surface area contributed by atoms with Crippen molar-refractivity contribution in [3.05, 3.63) is 71.4 Å². The largest absolute Gasteiger partial charge is 0.299 e. The molecule has 1 fully saturated rings. The summed E-state index contributed by atoms with van der Waals surface area (Å²) in [5.41, 5.74) is 5.23. The lowest BCUT2D eigenvalue weighted by molar-refractivity contribution is 0.172. The smallest absolute Gasteiger partial charge is 0.113 e. The van der Waals surface area contributed by atoms with Crippen molar-refractivity contribution in [1.82, 2.24) is 19.9 Å². The molecule has 0 bridgehead atoms. The van der Waals surface area contributed by atoms with Crippen molar-refractivity contribution in [2.45, 2.75) is 32.4 Å². The third kappa shape index (κ3) is 4.07. The lowest BCUT2D eigenvalue weighted by atomic mass is 10.0. The third-order valence-corrected chi connectivity index (χ3v) is 5.22. The predicted molar refractivity (Wildman–Crippen MR) is 105 cm³/mol. The molecule has 0 aliphatic carbocycles. The Morgan fingerprint density at radius 2 is 1.93 bits per heavy atom. The van der Waals surface area contributed by atoms with Gasteiger partial charge < -0.3 is 0 Å². The third-order valence-electron chi connectivity index (χ3n) is 5.22. The first-order chi connectivity index (χ1) is 13.2. The molecule has 3 aromatic rings. The number of piperidine rings is 1. The van der Waals surface area contributed by atoms with Gasteiger partial charge >= 0.3 is 0 Å². The predicted octanol–water partition coefficient (Wildman–Crippen LogP) is 3.96. The first-order valence-corrected chi connectivity index (χ1v) is 9.41. The van der Waals surface area contributed by atoms with Crippen LogP contribution in [-0.2, 0) is 6.54 Å². The fourth-order valence-corrected chi connectivity index (χ4v) is 3.73. The number of aryl methyl sites for hydroxylation is 1.